The summed E-state index contributed by atoms with van der Waals surface area (Å²) in [4.78, 5) is 36.3. The number of nitrogens with one attached hydrogen (secondary N) is 2. The molecule has 0 saturated carbocycles. The minimum atomic E-state index is -0.895. The van der Waals surface area contributed by atoms with E-state index in [1.807, 2.05) is 6.92 Å². The van der Waals surface area contributed by atoms with Crippen molar-refractivity contribution >= 4 is 23.6 Å². The van der Waals surface area contributed by atoms with Crippen LogP contribution in [0.1, 0.15) is 20.3 Å². The lowest BCUT2D eigenvalue weighted by Gasteiger charge is -2.20. The maximum Gasteiger partial charge on any atom is 0.321 e. The van der Waals surface area contributed by atoms with Crippen molar-refractivity contribution < 1.29 is 24.2 Å². The number of hydrogen-bond donors (Lipinski definition) is 3. The number of carboxylic acid groups (broad SMARTS) is 1. The summed E-state index contributed by atoms with van der Waals surface area (Å²) in [7, 11) is 0. The van der Waals surface area contributed by atoms with Crippen LogP contribution < -0.4 is 15.4 Å². The number of rotatable bonds is 6. The molecule has 1 aromatic rings. The fourth-order valence-electron chi connectivity index (χ4n) is 2.54. The molecule has 3 amide bonds. The number of ether oxygens (including phenoxy) is 1. The Morgan fingerprint density at radius 3 is 2.52 bits per heavy atom. The number of aliphatic carboxylic acids is 1. The number of carboxylic acids is 1. The van der Waals surface area contributed by atoms with Gasteiger partial charge in [0.25, 0.3) is 5.91 Å². The number of likely N-dealkylation sites (tertiary alicyclic amines) is 1. The standard InChI is InChI=1S/C17H23N3O5/c1-3-18-14(21)10-25-13-6-4-12(5-7-13)19-16(24)20-9-8-17(2,11-20)15(22)23/h4-7H,3,8-11H2,1-2H3,(H,18,21)(H,19,24)(H,22,23). The van der Waals surface area contributed by atoms with Gasteiger partial charge >= 0.3 is 12.0 Å². The molecule has 0 aromatic heterocycles. The zero-order chi connectivity index (χ0) is 18.4. The lowest BCUT2D eigenvalue weighted by molar-refractivity contribution is -0.147. The van der Waals surface area contributed by atoms with Crippen molar-refractivity contribution in [3.05, 3.63) is 24.3 Å². The first-order chi connectivity index (χ1) is 11.8. The smallest absolute Gasteiger partial charge is 0.321 e. The molecule has 8 nitrogen and oxygen atoms in total. The van der Waals surface area contributed by atoms with Gasteiger partial charge in [0.1, 0.15) is 5.75 Å². The monoisotopic (exact) mass is 349 g/mol. The highest BCUT2D eigenvalue weighted by Crippen LogP contribution is 2.30. The fraction of sp³-hybridized carbons (Fsp3) is 0.471. The van der Waals surface area contributed by atoms with E-state index in [4.69, 9.17) is 4.74 Å². The lowest BCUT2D eigenvalue weighted by Crippen LogP contribution is -2.37. The number of hydrogen-bond acceptors (Lipinski definition) is 4. The molecule has 136 valence electrons. The van der Waals surface area contributed by atoms with Crippen molar-refractivity contribution in [2.24, 2.45) is 5.41 Å². The number of nitrogens with zero attached hydrogens (tertiary/aromatic N) is 1. The number of likely N-dealkylation sites (N-methyl/N-ethyl adjacent to an activating group) is 1. The van der Waals surface area contributed by atoms with Crippen molar-refractivity contribution in [1.82, 2.24) is 10.2 Å². The van der Waals surface area contributed by atoms with Crippen molar-refractivity contribution in [1.29, 1.82) is 0 Å². The minimum Gasteiger partial charge on any atom is -0.484 e. The molecule has 1 unspecified atom stereocenters. The number of carbonyl (C=O) groups is 3. The third-order valence-corrected chi connectivity index (χ3v) is 4.13. The Kier molecular flexibility index (Phi) is 5.84. The van der Waals surface area contributed by atoms with E-state index in [2.05, 4.69) is 10.6 Å². The number of amides is 3. The highest BCUT2D eigenvalue weighted by atomic mass is 16.5. The largest absolute Gasteiger partial charge is 0.484 e. The molecule has 3 N–H and O–H groups in total. The van der Waals surface area contributed by atoms with Crippen LogP contribution in [0.25, 0.3) is 0 Å². The summed E-state index contributed by atoms with van der Waals surface area (Å²) < 4.78 is 5.33. The van der Waals surface area contributed by atoms with Gasteiger partial charge in [-0.2, -0.15) is 0 Å². The molecule has 1 aliphatic heterocycles. The van der Waals surface area contributed by atoms with Crippen LogP contribution in [0.2, 0.25) is 0 Å². The van der Waals surface area contributed by atoms with Gasteiger partial charge in [0.15, 0.2) is 6.61 Å². The summed E-state index contributed by atoms with van der Waals surface area (Å²) in [6, 6.07) is 6.30. The maximum absolute atomic E-state index is 12.2. The molecule has 1 atom stereocenters. The fourth-order valence-corrected chi connectivity index (χ4v) is 2.54. The van der Waals surface area contributed by atoms with Crippen LogP contribution in [0.4, 0.5) is 10.5 Å². The molecular weight excluding hydrogens is 326 g/mol. The van der Waals surface area contributed by atoms with Gasteiger partial charge in [-0.3, -0.25) is 9.59 Å². The van der Waals surface area contributed by atoms with E-state index in [9.17, 15) is 19.5 Å². The highest BCUT2D eigenvalue weighted by molar-refractivity contribution is 5.90. The summed E-state index contributed by atoms with van der Waals surface area (Å²) in [5, 5.41) is 14.6. The molecule has 1 aliphatic rings. The molecule has 25 heavy (non-hydrogen) atoms. The van der Waals surface area contributed by atoms with E-state index in [1.54, 1.807) is 31.2 Å². The minimum absolute atomic E-state index is 0.0684. The van der Waals surface area contributed by atoms with Crippen molar-refractivity contribution in [2.75, 3.05) is 31.6 Å². The third kappa shape index (κ3) is 4.85. The third-order valence-electron chi connectivity index (χ3n) is 4.13. The highest BCUT2D eigenvalue weighted by Gasteiger charge is 2.42. The molecule has 2 rings (SSSR count). The number of anilines is 1. The van der Waals surface area contributed by atoms with Crippen LogP contribution in [0.15, 0.2) is 24.3 Å². The molecule has 0 spiro atoms. The van der Waals surface area contributed by atoms with Crippen molar-refractivity contribution in [3.63, 3.8) is 0 Å². The van der Waals surface area contributed by atoms with Crippen LogP contribution in [0.5, 0.6) is 5.75 Å². The van der Waals surface area contributed by atoms with Crippen LogP contribution >= 0.6 is 0 Å². The van der Waals surface area contributed by atoms with E-state index in [-0.39, 0.29) is 25.1 Å². The molecular formula is C17H23N3O5. The summed E-state index contributed by atoms with van der Waals surface area (Å²) in [5.74, 6) is -0.573. The van der Waals surface area contributed by atoms with Gasteiger partial charge in [-0.1, -0.05) is 0 Å². The summed E-state index contributed by atoms with van der Waals surface area (Å²) in [6.07, 6.45) is 0.433. The average Bonchev–Trinajstić information content (AvgIpc) is 2.98. The molecule has 0 radical (unpaired) electrons. The Morgan fingerprint density at radius 1 is 1.28 bits per heavy atom. The van der Waals surface area contributed by atoms with E-state index in [1.165, 1.54) is 4.90 Å². The second-order valence-corrected chi connectivity index (χ2v) is 6.23. The predicted molar refractivity (Wildman–Crippen MR) is 91.6 cm³/mol. The SMILES string of the molecule is CCNC(=O)COc1ccc(NC(=O)N2CCC(C)(C(=O)O)C2)cc1. The van der Waals surface area contributed by atoms with Gasteiger partial charge in [-0.25, -0.2) is 4.79 Å². The van der Waals surface area contributed by atoms with Crippen molar-refractivity contribution in [2.45, 2.75) is 20.3 Å². The Labute approximate surface area is 146 Å². The number of benzene rings is 1. The molecule has 1 saturated heterocycles. The molecule has 1 heterocycles. The van der Waals surface area contributed by atoms with Gasteiger partial charge in [0.2, 0.25) is 0 Å². The average molecular weight is 349 g/mol. The maximum atomic E-state index is 12.2. The Bertz CT molecular complexity index is 646. The van der Waals surface area contributed by atoms with Gasteiger partial charge in [0.05, 0.1) is 5.41 Å². The van der Waals surface area contributed by atoms with Crippen LogP contribution in [0.3, 0.4) is 0 Å². The van der Waals surface area contributed by atoms with Crippen molar-refractivity contribution in [3.8, 4) is 5.75 Å². The number of urea groups is 1. The zero-order valence-electron chi connectivity index (χ0n) is 14.4. The molecule has 1 aromatic carbocycles. The first-order valence-electron chi connectivity index (χ1n) is 8.13. The van der Waals surface area contributed by atoms with Crippen LogP contribution in [0, 0.1) is 5.41 Å². The van der Waals surface area contributed by atoms with Crippen LogP contribution in [-0.4, -0.2) is 54.2 Å². The first-order valence-corrected chi connectivity index (χ1v) is 8.13. The quantitative estimate of drug-likeness (QED) is 0.722. The second-order valence-electron chi connectivity index (χ2n) is 6.23. The summed E-state index contributed by atoms with van der Waals surface area (Å²) in [5.41, 5.74) is -0.326. The molecule has 0 aliphatic carbocycles. The lowest BCUT2D eigenvalue weighted by atomic mass is 9.90. The summed E-state index contributed by atoms with van der Waals surface area (Å²) >= 11 is 0. The molecule has 1 fully saturated rings. The van der Waals surface area contributed by atoms with Gasteiger partial charge < -0.3 is 25.4 Å². The Balaban J connectivity index is 1.86. The second kappa shape index (κ2) is 7.87. The van der Waals surface area contributed by atoms with Crippen LogP contribution in [-0.2, 0) is 9.59 Å². The Hall–Kier alpha value is -2.77. The summed E-state index contributed by atoms with van der Waals surface area (Å²) in [6.45, 7) is 4.54. The van der Waals surface area contributed by atoms with Gasteiger partial charge in [0, 0.05) is 25.3 Å². The topological polar surface area (TPSA) is 108 Å². The van der Waals surface area contributed by atoms with E-state index < -0.39 is 11.4 Å². The number of carbonyl (C=O) groups excluding carboxylic acids is 2. The van der Waals surface area contributed by atoms with E-state index in [0.717, 1.165) is 0 Å². The predicted octanol–water partition coefficient (Wildman–Crippen LogP) is 1.53. The van der Waals surface area contributed by atoms with Gasteiger partial charge in [-0.15, -0.1) is 0 Å². The zero-order valence-corrected chi connectivity index (χ0v) is 14.4. The molecule has 8 heteroatoms. The van der Waals surface area contributed by atoms with E-state index >= 15 is 0 Å². The normalized spacial score (nSPS) is 19.4. The Morgan fingerprint density at radius 2 is 1.96 bits per heavy atom. The first kappa shape index (κ1) is 18.6. The van der Waals surface area contributed by atoms with E-state index in [0.29, 0.717) is 30.9 Å². The van der Waals surface area contributed by atoms with Gasteiger partial charge in [-0.05, 0) is 44.5 Å². The molecule has 0 bridgehead atoms.